The minimum atomic E-state index is -0.672. The summed E-state index contributed by atoms with van der Waals surface area (Å²) in [6, 6.07) is 0. The lowest BCUT2D eigenvalue weighted by Crippen LogP contribution is -2.37. The summed E-state index contributed by atoms with van der Waals surface area (Å²) in [5.74, 6) is 0. The van der Waals surface area contributed by atoms with Gasteiger partial charge in [0, 0.05) is 6.54 Å². The highest BCUT2D eigenvalue weighted by Crippen LogP contribution is 2.04. The molecule has 3 N–H and O–H groups in total. The van der Waals surface area contributed by atoms with Gasteiger partial charge >= 0.3 is 6.09 Å². The van der Waals surface area contributed by atoms with Crippen LogP contribution >= 0.6 is 12.4 Å². The van der Waals surface area contributed by atoms with Crippen LogP contribution in [0.25, 0.3) is 0 Å². The maximum absolute atomic E-state index is 10.2. The number of carbonyl (C=O) groups is 1. The molecule has 0 aromatic rings. The SMILES string of the molecule is Cl.NC(=O)O[C@H]1CCCNC1. The summed E-state index contributed by atoms with van der Waals surface area (Å²) in [7, 11) is 0. The van der Waals surface area contributed by atoms with Crippen LogP contribution in [0.5, 0.6) is 0 Å². The molecule has 1 aliphatic heterocycles. The number of halogens is 1. The number of ether oxygens (including phenoxy) is 1. The van der Waals surface area contributed by atoms with Gasteiger partial charge in [-0.2, -0.15) is 0 Å². The van der Waals surface area contributed by atoms with Crippen LogP contribution in [0.2, 0.25) is 0 Å². The first kappa shape index (κ1) is 10.5. The minimum Gasteiger partial charge on any atom is -0.445 e. The maximum atomic E-state index is 10.2. The molecule has 0 radical (unpaired) electrons. The second-order valence-electron chi connectivity index (χ2n) is 2.41. The summed E-state index contributed by atoms with van der Waals surface area (Å²) >= 11 is 0. The summed E-state index contributed by atoms with van der Waals surface area (Å²) in [6.45, 7) is 1.75. The minimum absolute atomic E-state index is 0. The normalized spacial score (nSPS) is 23.5. The molecule has 0 aliphatic carbocycles. The molecular weight excluding hydrogens is 168 g/mol. The van der Waals surface area contributed by atoms with Gasteiger partial charge in [0.25, 0.3) is 0 Å². The highest BCUT2D eigenvalue weighted by atomic mass is 35.5. The smallest absolute Gasteiger partial charge is 0.404 e. The number of nitrogens with one attached hydrogen (secondary N) is 1. The van der Waals surface area contributed by atoms with Gasteiger partial charge in [-0.05, 0) is 19.4 Å². The molecule has 1 rings (SSSR count). The Bertz CT molecular complexity index is 126. The van der Waals surface area contributed by atoms with Crippen LogP contribution in [0.1, 0.15) is 12.8 Å². The molecule has 0 bridgehead atoms. The third-order valence-corrected chi connectivity index (χ3v) is 1.53. The zero-order chi connectivity index (χ0) is 7.40. The van der Waals surface area contributed by atoms with Gasteiger partial charge in [0.15, 0.2) is 0 Å². The fourth-order valence-electron chi connectivity index (χ4n) is 1.08. The number of rotatable bonds is 1. The maximum Gasteiger partial charge on any atom is 0.404 e. The van der Waals surface area contributed by atoms with E-state index in [0.717, 1.165) is 25.9 Å². The highest BCUT2D eigenvalue weighted by Gasteiger charge is 2.14. The molecule has 1 atom stereocenters. The second kappa shape index (κ2) is 5.21. The Morgan fingerprint density at radius 3 is 2.82 bits per heavy atom. The lowest BCUT2D eigenvalue weighted by Gasteiger charge is -2.21. The topological polar surface area (TPSA) is 64.4 Å². The number of nitrogens with two attached hydrogens (primary N) is 1. The van der Waals surface area contributed by atoms with Crippen molar-refractivity contribution in [1.82, 2.24) is 5.32 Å². The first-order chi connectivity index (χ1) is 4.79. The van der Waals surface area contributed by atoms with Gasteiger partial charge in [0.1, 0.15) is 6.10 Å². The van der Waals surface area contributed by atoms with Gasteiger partial charge in [-0.1, -0.05) is 0 Å². The monoisotopic (exact) mass is 180 g/mol. The average molecular weight is 181 g/mol. The Balaban J connectivity index is 0.000001000. The van der Waals surface area contributed by atoms with Crippen LogP contribution in [0.15, 0.2) is 0 Å². The molecule has 1 aliphatic rings. The first-order valence-corrected chi connectivity index (χ1v) is 3.46. The summed E-state index contributed by atoms with van der Waals surface area (Å²) in [5, 5.41) is 3.11. The molecule has 1 fully saturated rings. The molecule has 0 aromatic carbocycles. The van der Waals surface area contributed by atoms with Crippen LogP contribution in [-0.4, -0.2) is 25.3 Å². The van der Waals surface area contributed by atoms with Crippen molar-refractivity contribution in [3.05, 3.63) is 0 Å². The van der Waals surface area contributed by atoms with Crippen LogP contribution in [0.3, 0.4) is 0 Å². The van der Waals surface area contributed by atoms with Gasteiger partial charge in [-0.15, -0.1) is 12.4 Å². The number of amides is 1. The number of hydrogen-bond donors (Lipinski definition) is 2. The molecule has 0 spiro atoms. The quantitative estimate of drug-likeness (QED) is 0.608. The lowest BCUT2D eigenvalue weighted by molar-refractivity contribution is 0.0904. The number of primary amides is 1. The van der Waals surface area contributed by atoms with E-state index in [-0.39, 0.29) is 18.5 Å². The van der Waals surface area contributed by atoms with E-state index in [1.54, 1.807) is 0 Å². The molecule has 5 heteroatoms. The predicted octanol–water partition coefficient (Wildman–Crippen LogP) is 0.255. The van der Waals surface area contributed by atoms with E-state index >= 15 is 0 Å². The van der Waals surface area contributed by atoms with Crippen molar-refractivity contribution < 1.29 is 9.53 Å². The highest BCUT2D eigenvalue weighted by molar-refractivity contribution is 5.85. The Morgan fingerprint density at radius 1 is 1.64 bits per heavy atom. The third-order valence-electron chi connectivity index (χ3n) is 1.53. The second-order valence-corrected chi connectivity index (χ2v) is 2.41. The predicted molar refractivity (Wildman–Crippen MR) is 43.8 cm³/mol. The molecule has 1 amide bonds. The standard InChI is InChI=1S/C6H12N2O2.ClH/c7-6(9)10-5-2-1-3-8-4-5;/h5,8H,1-4H2,(H2,7,9);1H/t5-;/m0./s1. The molecule has 0 unspecified atom stereocenters. The molecule has 1 heterocycles. The van der Waals surface area contributed by atoms with Gasteiger partial charge in [0.05, 0.1) is 0 Å². The van der Waals surface area contributed by atoms with Gasteiger partial charge < -0.3 is 15.8 Å². The number of piperidine rings is 1. The zero-order valence-corrected chi connectivity index (χ0v) is 7.02. The van der Waals surface area contributed by atoms with E-state index in [1.807, 2.05) is 0 Å². The van der Waals surface area contributed by atoms with Gasteiger partial charge in [0.2, 0.25) is 0 Å². The van der Waals surface area contributed by atoms with Crippen LogP contribution in [-0.2, 0) is 4.74 Å². The van der Waals surface area contributed by atoms with E-state index in [4.69, 9.17) is 10.5 Å². The Kier molecular flexibility index (Phi) is 4.98. The molecule has 0 saturated carbocycles. The summed E-state index contributed by atoms with van der Waals surface area (Å²) < 4.78 is 4.77. The van der Waals surface area contributed by atoms with Crippen molar-refractivity contribution in [2.75, 3.05) is 13.1 Å². The van der Waals surface area contributed by atoms with Gasteiger partial charge in [-0.3, -0.25) is 0 Å². The van der Waals surface area contributed by atoms with Gasteiger partial charge in [-0.25, -0.2) is 4.79 Å². The van der Waals surface area contributed by atoms with E-state index < -0.39 is 6.09 Å². The van der Waals surface area contributed by atoms with Crippen molar-refractivity contribution in [2.45, 2.75) is 18.9 Å². The van der Waals surface area contributed by atoms with Crippen LogP contribution in [0, 0.1) is 0 Å². The van der Waals surface area contributed by atoms with Crippen LogP contribution in [0.4, 0.5) is 4.79 Å². The van der Waals surface area contributed by atoms with Crippen molar-refractivity contribution in [1.29, 1.82) is 0 Å². The van der Waals surface area contributed by atoms with Crippen molar-refractivity contribution in [3.63, 3.8) is 0 Å². The summed E-state index contributed by atoms with van der Waals surface area (Å²) in [4.78, 5) is 10.2. The fourth-order valence-corrected chi connectivity index (χ4v) is 1.08. The van der Waals surface area contributed by atoms with Crippen molar-refractivity contribution >= 4 is 18.5 Å². The molecule has 0 aromatic heterocycles. The Labute approximate surface area is 71.9 Å². The Morgan fingerprint density at radius 2 is 2.36 bits per heavy atom. The molecule has 66 valence electrons. The van der Waals surface area contributed by atoms with E-state index in [0.29, 0.717) is 0 Å². The van der Waals surface area contributed by atoms with Crippen LogP contribution < -0.4 is 11.1 Å². The average Bonchev–Trinajstić information content (AvgIpc) is 1.88. The van der Waals surface area contributed by atoms with E-state index in [2.05, 4.69) is 5.32 Å². The number of carbonyl (C=O) groups excluding carboxylic acids is 1. The van der Waals surface area contributed by atoms with Crippen molar-refractivity contribution in [2.24, 2.45) is 5.73 Å². The first-order valence-electron chi connectivity index (χ1n) is 3.46. The molecular formula is C6H13ClN2O2. The molecule has 4 nitrogen and oxygen atoms in total. The summed E-state index contributed by atoms with van der Waals surface area (Å²) in [5.41, 5.74) is 4.83. The zero-order valence-electron chi connectivity index (χ0n) is 6.21. The van der Waals surface area contributed by atoms with E-state index in [9.17, 15) is 4.79 Å². The fraction of sp³-hybridized carbons (Fsp3) is 0.833. The number of hydrogen-bond acceptors (Lipinski definition) is 3. The third kappa shape index (κ3) is 4.06. The molecule has 1 saturated heterocycles. The van der Waals surface area contributed by atoms with E-state index in [1.165, 1.54) is 0 Å². The Hall–Kier alpha value is -0.480. The molecule has 11 heavy (non-hydrogen) atoms. The largest absolute Gasteiger partial charge is 0.445 e. The lowest BCUT2D eigenvalue weighted by atomic mass is 10.1. The van der Waals surface area contributed by atoms with Crippen molar-refractivity contribution in [3.8, 4) is 0 Å². The summed E-state index contributed by atoms with van der Waals surface area (Å²) in [6.07, 6.45) is 1.30.